The molecule has 35 heavy (non-hydrogen) atoms. The Morgan fingerprint density at radius 2 is 1.94 bits per heavy atom. The van der Waals surface area contributed by atoms with Gasteiger partial charge in [-0.05, 0) is 78.0 Å². The summed E-state index contributed by atoms with van der Waals surface area (Å²) in [6, 6.07) is 4.17. The van der Waals surface area contributed by atoms with Crippen molar-refractivity contribution in [3.63, 3.8) is 0 Å². The largest absolute Gasteiger partial charge is 0.473 e. The van der Waals surface area contributed by atoms with Crippen LogP contribution in [0.25, 0.3) is 0 Å². The summed E-state index contributed by atoms with van der Waals surface area (Å²) in [4.78, 5) is 31.4. The van der Waals surface area contributed by atoms with Crippen molar-refractivity contribution in [2.45, 2.75) is 97.2 Å². The summed E-state index contributed by atoms with van der Waals surface area (Å²) in [7, 11) is 1.68. The first kappa shape index (κ1) is 27.5. The van der Waals surface area contributed by atoms with E-state index in [0.717, 1.165) is 31.2 Å². The van der Waals surface area contributed by atoms with Gasteiger partial charge in [0.2, 0.25) is 5.60 Å². The number of anilines is 1. The van der Waals surface area contributed by atoms with E-state index in [9.17, 15) is 9.59 Å². The van der Waals surface area contributed by atoms with Gasteiger partial charge in [0.25, 0.3) is 11.8 Å². The number of rotatable bonds is 11. The van der Waals surface area contributed by atoms with E-state index in [0.29, 0.717) is 36.8 Å². The topological polar surface area (TPSA) is 68.3 Å². The minimum absolute atomic E-state index is 0.0432. The van der Waals surface area contributed by atoms with Crippen LogP contribution in [0.3, 0.4) is 0 Å². The van der Waals surface area contributed by atoms with Crippen molar-refractivity contribution in [1.29, 1.82) is 0 Å². The molecule has 7 heteroatoms. The number of hydrogen-bond acceptors (Lipinski definition) is 5. The third kappa shape index (κ3) is 6.18. The van der Waals surface area contributed by atoms with Crippen molar-refractivity contribution < 1.29 is 23.8 Å². The molecule has 1 heterocycles. The third-order valence-corrected chi connectivity index (χ3v) is 7.18. The van der Waals surface area contributed by atoms with Gasteiger partial charge < -0.3 is 24.0 Å². The Kier molecular flexibility index (Phi) is 9.59. The van der Waals surface area contributed by atoms with Crippen LogP contribution in [0.4, 0.5) is 5.69 Å². The van der Waals surface area contributed by atoms with Crippen molar-refractivity contribution in [3.05, 3.63) is 23.3 Å². The molecule has 0 saturated heterocycles. The SMILES string of the molecule is CCOCC1(C)Oc2cc(C)c(C(=O)N(C(C)C)C3CCCCC3)cc2N(CCCCOC)C1=O. The summed E-state index contributed by atoms with van der Waals surface area (Å²) in [5, 5.41) is 0. The molecule has 0 aromatic heterocycles. The number of ether oxygens (including phenoxy) is 3. The van der Waals surface area contributed by atoms with Gasteiger partial charge in [0.1, 0.15) is 5.75 Å². The van der Waals surface area contributed by atoms with Gasteiger partial charge in [-0.15, -0.1) is 0 Å². The van der Waals surface area contributed by atoms with Crippen LogP contribution >= 0.6 is 0 Å². The molecule has 0 radical (unpaired) electrons. The molecule has 0 spiro atoms. The van der Waals surface area contributed by atoms with Crippen molar-refractivity contribution in [2.24, 2.45) is 0 Å². The van der Waals surface area contributed by atoms with Crippen LogP contribution in [0.15, 0.2) is 12.1 Å². The number of unbranched alkanes of at least 4 members (excludes halogenated alkanes) is 1. The van der Waals surface area contributed by atoms with E-state index in [-0.39, 0.29) is 30.5 Å². The Balaban J connectivity index is 1.98. The van der Waals surface area contributed by atoms with Gasteiger partial charge in [-0.2, -0.15) is 0 Å². The maximum absolute atomic E-state index is 13.9. The van der Waals surface area contributed by atoms with E-state index in [1.54, 1.807) is 18.9 Å². The Morgan fingerprint density at radius 3 is 2.57 bits per heavy atom. The van der Waals surface area contributed by atoms with E-state index < -0.39 is 5.60 Å². The molecule has 1 aliphatic carbocycles. The number of hydrogen-bond donors (Lipinski definition) is 0. The van der Waals surface area contributed by atoms with Crippen LogP contribution in [0.2, 0.25) is 0 Å². The normalized spacial score (nSPS) is 20.7. The number of aryl methyl sites for hydroxylation is 1. The highest BCUT2D eigenvalue weighted by molar-refractivity contribution is 6.05. The molecule has 0 bridgehead atoms. The molecule has 1 fully saturated rings. The number of benzene rings is 1. The number of methoxy groups -OCH3 is 1. The highest BCUT2D eigenvalue weighted by atomic mass is 16.6. The first-order valence-corrected chi connectivity index (χ1v) is 13.3. The molecule has 1 aromatic carbocycles. The predicted molar refractivity (Wildman–Crippen MR) is 138 cm³/mol. The number of nitrogens with zero attached hydrogens (tertiary/aromatic N) is 2. The van der Waals surface area contributed by atoms with E-state index in [1.807, 2.05) is 26.0 Å². The summed E-state index contributed by atoms with van der Waals surface area (Å²) in [6.45, 7) is 11.7. The van der Waals surface area contributed by atoms with E-state index in [2.05, 4.69) is 18.7 Å². The minimum Gasteiger partial charge on any atom is -0.473 e. The highest BCUT2D eigenvalue weighted by Gasteiger charge is 2.45. The fourth-order valence-electron chi connectivity index (χ4n) is 5.32. The van der Waals surface area contributed by atoms with Crippen molar-refractivity contribution in [3.8, 4) is 5.75 Å². The van der Waals surface area contributed by atoms with Crippen molar-refractivity contribution >= 4 is 17.5 Å². The van der Waals surface area contributed by atoms with E-state index >= 15 is 0 Å². The molecule has 2 amide bonds. The molecule has 1 unspecified atom stereocenters. The van der Waals surface area contributed by atoms with Gasteiger partial charge in [-0.25, -0.2) is 0 Å². The second-order valence-electron chi connectivity index (χ2n) is 10.4. The van der Waals surface area contributed by atoms with Crippen molar-refractivity contribution in [2.75, 3.05) is 38.4 Å². The Labute approximate surface area is 211 Å². The quantitative estimate of drug-likeness (QED) is 0.404. The van der Waals surface area contributed by atoms with Crippen LogP contribution in [-0.2, 0) is 14.3 Å². The standard InChI is InChI=1S/C28H44N2O5/c1-7-34-19-28(5)27(32)29(15-11-12-16-33-6)24-18-23(21(4)17-25(24)35-28)26(31)30(20(2)3)22-13-9-8-10-14-22/h17-18,20,22H,7-16,19H2,1-6H3. The second kappa shape index (κ2) is 12.2. The first-order chi connectivity index (χ1) is 16.7. The lowest BCUT2D eigenvalue weighted by Crippen LogP contribution is -2.57. The molecule has 1 aliphatic heterocycles. The lowest BCUT2D eigenvalue weighted by molar-refractivity contribution is -0.139. The average molecular weight is 489 g/mol. The van der Waals surface area contributed by atoms with Gasteiger partial charge >= 0.3 is 0 Å². The smallest absolute Gasteiger partial charge is 0.273 e. The summed E-state index contributed by atoms with van der Waals surface area (Å²) in [5.74, 6) is 0.536. The molecule has 196 valence electrons. The van der Waals surface area contributed by atoms with Crippen LogP contribution in [0.5, 0.6) is 5.75 Å². The highest BCUT2D eigenvalue weighted by Crippen LogP contribution is 2.41. The lowest BCUT2D eigenvalue weighted by Gasteiger charge is -2.41. The second-order valence-corrected chi connectivity index (χ2v) is 10.4. The fourth-order valence-corrected chi connectivity index (χ4v) is 5.32. The molecule has 1 saturated carbocycles. The predicted octanol–water partition coefficient (Wildman–Crippen LogP) is 5.13. The summed E-state index contributed by atoms with van der Waals surface area (Å²) >= 11 is 0. The fraction of sp³-hybridized carbons (Fsp3) is 0.714. The maximum Gasteiger partial charge on any atom is 0.273 e. The number of fused-ring (bicyclic) bond motifs is 1. The molecule has 7 nitrogen and oxygen atoms in total. The Bertz CT molecular complexity index is 880. The van der Waals surface area contributed by atoms with Crippen molar-refractivity contribution in [1.82, 2.24) is 4.90 Å². The molecular weight excluding hydrogens is 444 g/mol. The average Bonchev–Trinajstić information content (AvgIpc) is 2.83. The van der Waals surface area contributed by atoms with Crippen LogP contribution in [0, 0.1) is 6.92 Å². The minimum atomic E-state index is -1.10. The Morgan fingerprint density at radius 1 is 1.23 bits per heavy atom. The van der Waals surface area contributed by atoms with E-state index in [4.69, 9.17) is 14.2 Å². The van der Waals surface area contributed by atoms with Gasteiger partial charge in [-0.3, -0.25) is 9.59 Å². The lowest BCUT2D eigenvalue weighted by atomic mass is 9.92. The monoisotopic (exact) mass is 488 g/mol. The van der Waals surface area contributed by atoms with Gasteiger partial charge in [0.15, 0.2) is 0 Å². The van der Waals surface area contributed by atoms with Gasteiger partial charge in [0, 0.05) is 44.5 Å². The summed E-state index contributed by atoms with van der Waals surface area (Å²) in [6.07, 6.45) is 7.32. The van der Waals surface area contributed by atoms with Gasteiger partial charge in [-0.1, -0.05) is 19.3 Å². The number of carbonyl (C=O) groups is 2. The number of amides is 2. The van der Waals surface area contributed by atoms with Crippen LogP contribution in [-0.4, -0.2) is 67.9 Å². The molecule has 3 rings (SSSR count). The third-order valence-electron chi connectivity index (χ3n) is 7.18. The Hall–Kier alpha value is -2.12. The zero-order chi connectivity index (χ0) is 25.6. The molecule has 1 aromatic rings. The molecule has 0 N–H and O–H groups in total. The maximum atomic E-state index is 13.9. The zero-order valence-electron chi connectivity index (χ0n) is 22.5. The first-order valence-electron chi connectivity index (χ1n) is 13.3. The zero-order valence-corrected chi connectivity index (χ0v) is 22.5. The van der Waals surface area contributed by atoms with Crippen LogP contribution < -0.4 is 9.64 Å². The van der Waals surface area contributed by atoms with Crippen LogP contribution in [0.1, 0.15) is 88.6 Å². The summed E-state index contributed by atoms with van der Waals surface area (Å²) in [5.41, 5.74) is 1.08. The molecule has 2 aliphatic rings. The van der Waals surface area contributed by atoms with E-state index in [1.165, 1.54) is 19.3 Å². The summed E-state index contributed by atoms with van der Waals surface area (Å²) < 4.78 is 17.1. The number of carbonyl (C=O) groups excluding carboxylic acids is 2. The van der Waals surface area contributed by atoms with Gasteiger partial charge in [0.05, 0.1) is 12.3 Å². The molecule has 1 atom stereocenters. The molecular formula is C28H44N2O5.